The molecule has 7 rings (SSSR count). The van der Waals surface area contributed by atoms with Crippen molar-refractivity contribution in [3.63, 3.8) is 0 Å². The van der Waals surface area contributed by atoms with Crippen LogP contribution in [-0.2, 0) is 0 Å². The van der Waals surface area contributed by atoms with Gasteiger partial charge in [-0.25, -0.2) is 14.4 Å². The molecule has 1 aromatic carbocycles. The Morgan fingerprint density at radius 2 is 2.00 bits per heavy atom. The van der Waals surface area contributed by atoms with Crippen molar-refractivity contribution in [3.05, 3.63) is 36.2 Å². The van der Waals surface area contributed by atoms with Gasteiger partial charge in [0.2, 0.25) is 0 Å². The molecule has 10 heteroatoms. The molecule has 0 spiro atoms. The van der Waals surface area contributed by atoms with Gasteiger partial charge in [0.1, 0.15) is 23.1 Å². The number of anilines is 2. The zero-order valence-electron chi connectivity index (χ0n) is 18.8. The highest BCUT2D eigenvalue weighted by atomic mass is 19.1. The van der Waals surface area contributed by atoms with Gasteiger partial charge in [-0.3, -0.25) is 0 Å². The van der Waals surface area contributed by atoms with E-state index < -0.39 is 0 Å². The number of nitrogens with zero attached hydrogens (tertiary/aromatic N) is 5. The number of halogens is 1. The van der Waals surface area contributed by atoms with Crippen LogP contribution >= 0.6 is 0 Å². The van der Waals surface area contributed by atoms with Crippen LogP contribution in [0.5, 0.6) is 11.8 Å². The minimum absolute atomic E-state index is 0.218. The third-order valence-electron chi connectivity index (χ3n) is 7.17. The number of piperidine rings is 1. The molecule has 34 heavy (non-hydrogen) atoms. The van der Waals surface area contributed by atoms with E-state index in [1.54, 1.807) is 25.5 Å². The summed E-state index contributed by atoms with van der Waals surface area (Å²) < 4.78 is 20.5. The lowest BCUT2D eigenvalue weighted by Crippen LogP contribution is -2.68. The molecule has 174 valence electrons. The summed E-state index contributed by atoms with van der Waals surface area (Å²) in [5.41, 5.74) is 2.08. The summed E-state index contributed by atoms with van der Waals surface area (Å²) in [6, 6.07) is 4.04. The SMILES string of the molecule is CNc1cc(F)cc2c1[nH]c1nc(Oc3cnc(C4CC4)nc3)nc(N3CC4NCCCC43)c12. The number of benzene rings is 1. The fourth-order valence-electron chi connectivity index (χ4n) is 5.26. The molecule has 0 amide bonds. The number of hydrogen-bond acceptors (Lipinski definition) is 8. The summed E-state index contributed by atoms with van der Waals surface area (Å²) in [7, 11) is 1.78. The van der Waals surface area contributed by atoms with E-state index in [-0.39, 0.29) is 11.8 Å². The monoisotopic (exact) mass is 460 g/mol. The first kappa shape index (κ1) is 19.9. The van der Waals surface area contributed by atoms with Crippen LogP contribution in [0.1, 0.15) is 37.4 Å². The molecule has 2 saturated heterocycles. The second-order valence-corrected chi connectivity index (χ2v) is 9.38. The molecular formula is C24H25FN8O. The van der Waals surface area contributed by atoms with Crippen LogP contribution in [-0.4, -0.2) is 57.1 Å². The predicted molar refractivity (Wildman–Crippen MR) is 127 cm³/mol. The summed E-state index contributed by atoms with van der Waals surface area (Å²) in [6.45, 7) is 1.89. The maximum Gasteiger partial charge on any atom is 0.326 e. The summed E-state index contributed by atoms with van der Waals surface area (Å²) in [5, 5.41) is 8.23. The topological polar surface area (TPSA) is 104 Å². The Bertz CT molecular complexity index is 1400. The Balaban J connectivity index is 1.35. The highest BCUT2D eigenvalue weighted by molar-refractivity contribution is 6.14. The standard InChI is InChI=1S/C24H25FN8O/c1-26-16-8-13(25)7-15-19-22(30-20(15)16)31-24(34-14-9-28-21(29-10-14)12-4-5-12)32-23(19)33-11-17-18(33)3-2-6-27-17/h7-10,12,17-18,26-27H,2-6,11H2,1H3,(H,30,31,32). The number of aromatic nitrogens is 5. The van der Waals surface area contributed by atoms with Crippen molar-refractivity contribution in [3.8, 4) is 11.8 Å². The van der Waals surface area contributed by atoms with Crippen molar-refractivity contribution in [1.82, 2.24) is 30.2 Å². The van der Waals surface area contributed by atoms with E-state index in [1.807, 2.05) is 0 Å². The lowest BCUT2D eigenvalue weighted by atomic mass is 9.88. The van der Waals surface area contributed by atoms with Crippen LogP contribution in [0.25, 0.3) is 21.9 Å². The van der Waals surface area contributed by atoms with Gasteiger partial charge in [-0.15, -0.1) is 0 Å². The van der Waals surface area contributed by atoms with Gasteiger partial charge in [-0.2, -0.15) is 9.97 Å². The molecule has 2 atom stereocenters. The number of hydrogen-bond donors (Lipinski definition) is 3. The molecule has 2 unspecified atom stereocenters. The summed E-state index contributed by atoms with van der Waals surface area (Å²) in [4.78, 5) is 24.0. The Morgan fingerprint density at radius 3 is 2.76 bits per heavy atom. The van der Waals surface area contributed by atoms with E-state index in [4.69, 9.17) is 9.72 Å². The van der Waals surface area contributed by atoms with Gasteiger partial charge in [0.25, 0.3) is 0 Å². The Labute approximate surface area is 195 Å². The van der Waals surface area contributed by atoms with Crippen LogP contribution in [0.4, 0.5) is 15.9 Å². The summed E-state index contributed by atoms with van der Waals surface area (Å²) >= 11 is 0. The van der Waals surface area contributed by atoms with Crippen molar-refractivity contribution in [2.45, 2.75) is 43.7 Å². The fourth-order valence-corrected chi connectivity index (χ4v) is 5.26. The molecule has 1 saturated carbocycles. The lowest BCUT2D eigenvalue weighted by molar-refractivity contribution is 0.256. The molecule has 9 nitrogen and oxygen atoms in total. The average molecular weight is 461 g/mol. The quantitative estimate of drug-likeness (QED) is 0.414. The zero-order chi connectivity index (χ0) is 22.8. The fraction of sp³-hybridized carbons (Fsp3) is 0.417. The van der Waals surface area contributed by atoms with Crippen molar-refractivity contribution < 1.29 is 9.13 Å². The average Bonchev–Trinajstić information content (AvgIpc) is 3.61. The van der Waals surface area contributed by atoms with Crippen LogP contribution in [0.3, 0.4) is 0 Å². The van der Waals surface area contributed by atoms with Crippen LogP contribution < -0.4 is 20.3 Å². The first-order valence-electron chi connectivity index (χ1n) is 11.9. The molecule has 2 aliphatic heterocycles. The molecule has 0 bridgehead atoms. The Kier molecular flexibility index (Phi) is 4.38. The molecule has 3 fully saturated rings. The predicted octanol–water partition coefficient (Wildman–Crippen LogP) is 3.69. The van der Waals surface area contributed by atoms with E-state index in [0.29, 0.717) is 35.1 Å². The van der Waals surface area contributed by atoms with E-state index in [0.717, 1.165) is 66.7 Å². The molecular weight excluding hydrogens is 435 g/mol. The van der Waals surface area contributed by atoms with Crippen molar-refractivity contribution in [1.29, 1.82) is 0 Å². The number of nitrogens with one attached hydrogen (secondary N) is 3. The number of fused-ring (bicyclic) bond motifs is 4. The molecule has 3 aliphatic rings. The number of H-pyrrole nitrogens is 1. The molecule has 3 N–H and O–H groups in total. The zero-order valence-corrected chi connectivity index (χ0v) is 18.8. The number of ether oxygens (including phenoxy) is 1. The molecule has 3 aromatic heterocycles. The summed E-state index contributed by atoms with van der Waals surface area (Å²) in [5.74, 6) is 2.29. The van der Waals surface area contributed by atoms with Gasteiger partial charge in [0.05, 0.1) is 29.0 Å². The third-order valence-corrected chi connectivity index (χ3v) is 7.17. The van der Waals surface area contributed by atoms with Crippen LogP contribution in [0.15, 0.2) is 24.5 Å². The highest BCUT2D eigenvalue weighted by Crippen LogP contribution is 2.41. The summed E-state index contributed by atoms with van der Waals surface area (Å²) in [6.07, 6.45) is 7.86. The smallest absolute Gasteiger partial charge is 0.326 e. The Hall–Kier alpha value is -3.53. The molecule has 1 aliphatic carbocycles. The molecule has 0 radical (unpaired) electrons. The van der Waals surface area contributed by atoms with E-state index >= 15 is 0 Å². The van der Waals surface area contributed by atoms with Crippen molar-refractivity contribution in [2.24, 2.45) is 0 Å². The van der Waals surface area contributed by atoms with E-state index in [2.05, 4.69) is 35.5 Å². The number of aromatic amines is 1. The highest BCUT2D eigenvalue weighted by Gasteiger charge is 2.42. The van der Waals surface area contributed by atoms with E-state index in [9.17, 15) is 4.39 Å². The largest absolute Gasteiger partial charge is 0.421 e. The second kappa shape index (κ2) is 7.49. The van der Waals surface area contributed by atoms with Gasteiger partial charge in [-0.1, -0.05) is 0 Å². The maximum atomic E-state index is 14.5. The second-order valence-electron chi connectivity index (χ2n) is 9.38. The maximum absolute atomic E-state index is 14.5. The van der Waals surface area contributed by atoms with Gasteiger partial charge < -0.3 is 25.3 Å². The minimum atomic E-state index is -0.308. The van der Waals surface area contributed by atoms with Gasteiger partial charge >= 0.3 is 6.01 Å². The van der Waals surface area contributed by atoms with Crippen LogP contribution in [0, 0.1) is 5.82 Å². The first-order valence-corrected chi connectivity index (χ1v) is 11.9. The Morgan fingerprint density at radius 1 is 1.15 bits per heavy atom. The molecule has 4 aromatic rings. The lowest BCUT2D eigenvalue weighted by Gasteiger charge is -2.52. The van der Waals surface area contributed by atoms with Crippen molar-refractivity contribution in [2.75, 3.05) is 30.4 Å². The van der Waals surface area contributed by atoms with E-state index in [1.165, 1.54) is 6.07 Å². The van der Waals surface area contributed by atoms with Crippen LogP contribution in [0.2, 0.25) is 0 Å². The first-order chi connectivity index (χ1) is 16.7. The van der Waals surface area contributed by atoms with Gasteiger partial charge in [-0.05, 0) is 44.4 Å². The van der Waals surface area contributed by atoms with Gasteiger partial charge in [0, 0.05) is 37.0 Å². The molecule has 5 heterocycles. The number of rotatable bonds is 5. The normalized spacial score (nSPS) is 22.0. The van der Waals surface area contributed by atoms with Gasteiger partial charge in [0.15, 0.2) is 5.75 Å². The third kappa shape index (κ3) is 3.16. The van der Waals surface area contributed by atoms with Crippen molar-refractivity contribution >= 4 is 33.4 Å². The minimum Gasteiger partial charge on any atom is -0.421 e.